The van der Waals surface area contributed by atoms with E-state index in [1.165, 1.54) is 6.42 Å². The Labute approximate surface area is 98.3 Å². The van der Waals surface area contributed by atoms with Gasteiger partial charge in [0.2, 0.25) is 0 Å². The summed E-state index contributed by atoms with van der Waals surface area (Å²) >= 11 is 1.66. The van der Waals surface area contributed by atoms with Crippen LogP contribution in [0.5, 0.6) is 0 Å². The van der Waals surface area contributed by atoms with E-state index in [9.17, 15) is 0 Å². The van der Waals surface area contributed by atoms with Crippen molar-refractivity contribution in [1.82, 2.24) is 14.9 Å². The average molecular weight is 234 g/mol. The monoisotopic (exact) mass is 234 g/mol. The van der Waals surface area contributed by atoms with E-state index in [1.54, 1.807) is 17.7 Å². The Bertz CT molecular complexity index is 495. The van der Waals surface area contributed by atoms with E-state index >= 15 is 0 Å². The van der Waals surface area contributed by atoms with Crippen LogP contribution in [-0.2, 0) is 0 Å². The number of nitrogens with one attached hydrogen (secondary N) is 1. The van der Waals surface area contributed by atoms with Gasteiger partial charge < -0.3 is 10.2 Å². The van der Waals surface area contributed by atoms with E-state index in [0.717, 1.165) is 29.1 Å². The van der Waals surface area contributed by atoms with Gasteiger partial charge in [0.05, 0.1) is 5.39 Å². The first-order chi connectivity index (χ1) is 7.83. The molecule has 5 heteroatoms. The summed E-state index contributed by atoms with van der Waals surface area (Å²) in [5.41, 5.74) is 0. The number of nitrogens with zero attached hydrogens (tertiary/aromatic N) is 3. The lowest BCUT2D eigenvalue weighted by Crippen LogP contribution is -2.24. The summed E-state index contributed by atoms with van der Waals surface area (Å²) < 4.78 is 0. The Morgan fingerprint density at radius 2 is 2.44 bits per heavy atom. The number of likely N-dealkylation sites (tertiary alicyclic amines) is 1. The molecule has 0 saturated carbocycles. The first-order valence-electron chi connectivity index (χ1n) is 5.46. The van der Waals surface area contributed by atoms with Gasteiger partial charge in [0.25, 0.3) is 0 Å². The van der Waals surface area contributed by atoms with Crippen molar-refractivity contribution >= 4 is 27.4 Å². The molecule has 16 heavy (non-hydrogen) atoms. The Morgan fingerprint density at radius 1 is 1.50 bits per heavy atom. The van der Waals surface area contributed by atoms with Crippen molar-refractivity contribution in [2.75, 3.05) is 25.5 Å². The number of hydrogen-bond donors (Lipinski definition) is 1. The summed E-state index contributed by atoms with van der Waals surface area (Å²) in [7, 11) is 2.15. The Hall–Kier alpha value is -1.20. The zero-order valence-corrected chi connectivity index (χ0v) is 10.00. The number of anilines is 1. The first kappa shape index (κ1) is 9.99. The minimum atomic E-state index is 0.517. The molecule has 1 N–H and O–H groups in total. The van der Waals surface area contributed by atoms with Gasteiger partial charge in [-0.1, -0.05) is 0 Å². The SMILES string of the molecule is CN1CCC(Nc2ncnc3sccc23)C1. The summed E-state index contributed by atoms with van der Waals surface area (Å²) in [5.74, 6) is 0.978. The second-order valence-corrected chi connectivity index (χ2v) is 5.15. The third-order valence-corrected chi connectivity index (χ3v) is 3.81. The fourth-order valence-corrected chi connectivity index (χ4v) is 2.88. The van der Waals surface area contributed by atoms with E-state index in [0.29, 0.717) is 6.04 Å². The van der Waals surface area contributed by atoms with Crippen LogP contribution < -0.4 is 5.32 Å². The molecule has 1 fully saturated rings. The smallest absolute Gasteiger partial charge is 0.138 e. The molecule has 84 valence electrons. The van der Waals surface area contributed by atoms with Gasteiger partial charge in [0, 0.05) is 12.6 Å². The third-order valence-electron chi connectivity index (χ3n) is 2.99. The molecule has 2 aromatic rings. The Kier molecular flexibility index (Phi) is 2.49. The lowest BCUT2D eigenvalue weighted by molar-refractivity contribution is 0.414. The van der Waals surface area contributed by atoms with Gasteiger partial charge in [0.15, 0.2) is 0 Å². The van der Waals surface area contributed by atoms with Crippen LogP contribution in [0.25, 0.3) is 10.2 Å². The summed E-state index contributed by atoms with van der Waals surface area (Å²) in [4.78, 5) is 12.0. The van der Waals surface area contributed by atoms with E-state index in [2.05, 4.69) is 38.7 Å². The molecule has 0 radical (unpaired) electrons. The van der Waals surface area contributed by atoms with Crippen molar-refractivity contribution in [2.45, 2.75) is 12.5 Å². The fourth-order valence-electron chi connectivity index (χ4n) is 2.15. The third kappa shape index (κ3) is 1.76. The standard InChI is InChI=1S/C11H14N4S/c1-15-4-2-8(6-15)14-10-9-3-5-16-11(9)13-7-12-10/h3,5,7-8H,2,4,6H2,1H3,(H,12,13,14). The number of likely N-dealkylation sites (N-methyl/N-ethyl adjacent to an activating group) is 1. The molecule has 0 aliphatic carbocycles. The van der Waals surface area contributed by atoms with Crippen LogP contribution in [0.3, 0.4) is 0 Å². The summed E-state index contributed by atoms with van der Waals surface area (Å²) in [5, 5.41) is 6.72. The predicted molar refractivity (Wildman–Crippen MR) is 66.9 cm³/mol. The van der Waals surface area contributed by atoms with Crippen molar-refractivity contribution < 1.29 is 0 Å². The topological polar surface area (TPSA) is 41.0 Å². The van der Waals surface area contributed by atoms with E-state index in [-0.39, 0.29) is 0 Å². The molecular formula is C11H14N4S. The molecular weight excluding hydrogens is 220 g/mol. The molecule has 0 spiro atoms. The van der Waals surface area contributed by atoms with Gasteiger partial charge in [-0.2, -0.15) is 0 Å². The number of fused-ring (bicyclic) bond motifs is 1. The highest BCUT2D eigenvalue weighted by Gasteiger charge is 2.20. The average Bonchev–Trinajstić information content (AvgIpc) is 2.87. The largest absolute Gasteiger partial charge is 0.365 e. The maximum absolute atomic E-state index is 4.33. The second-order valence-electron chi connectivity index (χ2n) is 4.25. The quantitative estimate of drug-likeness (QED) is 0.860. The van der Waals surface area contributed by atoms with Crippen LogP contribution in [0.2, 0.25) is 0 Å². The highest BCUT2D eigenvalue weighted by Crippen LogP contribution is 2.25. The predicted octanol–water partition coefficient (Wildman–Crippen LogP) is 1.81. The highest BCUT2D eigenvalue weighted by atomic mass is 32.1. The molecule has 0 aromatic carbocycles. The molecule has 1 aliphatic rings. The molecule has 3 heterocycles. The zero-order chi connectivity index (χ0) is 11.0. The number of hydrogen-bond acceptors (Lipinski definition) is 5. The molecule has 1 saturated heterocycles. The number of thiophene rings is 1. The van der Waals surface area contributed by atoms with Gasteiger partial charge in [-0.25, -0.2) is 9.97 Å². The van der Waals surface area contributed by atoms with Gasteiger partial charge in [-0.15, -0.1) is 11.3 Å². The van der Waals surface area contributed by atoms with Gasteiger partial charge >= 0.3 is 0 Å². The van der Waals surface area contributed by atoms with Crippen LogP contribution in [0.15, 0.2) is 17.8 Å². The zero-order valence-electron chi connectivity index (χ0n) is 9.18. The maximum atomic E-state index is 4.33. The number of aromatic nitrogens is 2. The lowest BCUT2D eigenvalue weighted by Gasteiger charge is -2.13. The normalized spacial score (nSPS) is 21.7. The fraction of sp³-hybridized carbons (Fsp3) is 0.455. The molecule has 1 aliphatic heterocycles. The Morgan fingerprint density at radius 3 is 3.25 bits per heavy atom. The van der Waals surface area contributed by atoms with Crippen molar-refractivity contribution in [2.24, 2.45) is 0 Å². The molecule has 3 rings (SSSR count). The first-order valence-corrected chi connectivity index (χ1v) is 6.34. The second kappa shape index (κ2) is 3.99. The van der Waals surface area contributed by atoms with E-state index in [1.807, 2.05) is 0 Å². The molecule has 0 amide bonds. The van der Waals surface area contributed by atoms with Crippen LogP contribution in [0.1, 0.15) is 6.42 Å². The molecule has 4 nitrogen and oxygen atoms in total. The summed E-state index contributed by atoms with van der Waals surface area (Å²) in [6.07, 6.45) is 2.83. The summed E-state index contributed by atoms with van der Waals surface area (Å²) in [6, 6.07) is 2.60. The van der Waals surface area contributed by atoms with Gasteiger partial charge in [0.1, 0.15) is 17.0 Å². The highest BCUT2D eigenvalue weighted by molar-refractivity contribution is 7.16. The maximum Gasteiger partial charge on any atom is 0.138 e. The van der Waals surface area contributed by atoms with Gasteiger partial charge in [-0.05, 0) is 31.5 Å². The molecule has 1 unspecified atom stereocenters. The van der Waals surface area contributed by atoms with Crippen molar-refractivity contribution in [3.05, 3.63) is 17.8 Å². The van der Waals surface area contributed by atoms with Gasteiger partial charge in [-0.3, -0.25) is 0 Å². The van der Waals surface area contributed by atoms with Crippen molar-refractivity contribution in [1.29, 1.82) is 0 Å². The summed E-state index contributed by atoms with van der Waals surface area (Å²) in [6.45, 7) is 2.26. The Balaban J connectivity index is 1.86. The molecule has 0 bridgehead atoms. The van der Waals surface area contributed by atoms with Crippen molar-refractivity contribution in [3.8, 4) is 0 Å². The molecule has 1 atom stereocenters. The van der Waals surface area contributed by atoms with Crippen molar-refractivity contribution in [3.63, 3.8) is 0 Å². The van der Waals surface area contributed by atoms with Crippen LogP contribution in [-0.4, -0.2) is 41.0 Å². The van der Waals surface area contributed by atoms with Crippen LogP contribution >= 0.6 is 11.3 Å². The minimum Gasteiger partial charge on any atom is -0.365 e. The van der Waals surface area contributed by atoms with E-state index < -0.39 is 0 Å². The minimum absolute atomic E-state index is 0.517. The molecule has 2 aromatic heterocycles. The van der Waals surface area contributed by atoms with E-state index in [4.69, 9.17) is 0 Å². The van der Waals surface area contributed by atoms with Crippen LogP contribution in [0, 0.1) is 0 Å². The van der Waals surface area contributed by atoms with Crippen LogP contribution in [0.4, 0.5) is 5.82 Å². The lowest BCUT2D eigenvalue weighted by atomic mass is 10.2. The number of rotatable bonds is 2.